The van der Waals surface area contributed by atoms with E-state index in [1.807, 2.05) is 17.1 Å². The summed E-state index contributed by atoms with van der Waals surface area (Å²) in [5.41, 5.74) is 0. The van der Waals surface area contributed by atoms with Crippen LogP contribution in [0.3, 0.4) is 0 Å². The molecule has 1 fully saturated rings. The molecule has 2 heterocycles. The highest BCUT2D eigenvalue weighted by Crippen LogP contribution is 2.26. The molecule has 19 heavy (non-hydrogen) atoms. The van der Waals surface area contributed by atoms with Gasteiger partial charge in [-0.1, -0.05) is 13.8 Å². The van der Waals surface area contributed by atoms with Gasteiger partial charge >= 0.3 is 0 Å². The molecule has 0 bridgehead atoms. The van der Waals surface area contributed by atoms with Crippen molar-refractivity contribution in [2.75, 3.05) is 13.2 Å². The van der Waals surface area contributed by atoms with Crippen LogP contribution in [-0.2, 0) is 11.3 Å². The van der Waals surface area contributed by atoms with Crippen molar-refractivity contribution in [3.05, 3.63) is 16.9 Å². The number of rotatable bonds is 6. The molecular weight excluding hydrogens is 306 g/mol. The number of nitrogens with one attached hydrogen (secondary N) is 1. The first kappa shape index (κ1) is 15.0. The lowest BCUT2D eigenvalue weighted by Gasteiger charge is -2.24. The van der Waals surface area contributed by atoms with E-state index in [-0.39, 0.29) is 0 Å². The fourth-order valence-corrected chi connectivity index (χ4v) is 3.07. The fourth-order valence-electron chi connectivity index (χ4n) is 2.75. The van der Waals surface area contributed by atoms with E-state index in [4.69, 9.17) is 4.74 Å². The van der Waals surface area contributed by atoms with Crippen LogP contribution in [-0.4, -0.2) is 35.1 Å². The molecule has 0 saturated carbocycles. The van der Waals surface area contributed by atoms with Crippen LogP contribution in [0.25, 0.3) is 0 Å². The van der Waals surface area contributed by atoms with Gasteiger partial charge in [-0.05, 0) is 41.1 Å². The Morgan fingerprint density at radius 2 is 2.32 bits per heavy atom. The summed E-state index contributed by atoms with van der Waals surface area (Å²) in [7, 11) is 0. The highest BCUT2D eigenvalue weighted by molar-refractivity contribution is 9.10. The maximum absolute atomic E-state index is 5.82. The van der Waals surface area contributed by atoms with Crippen molar-refractivity contribution in [1.29, 1.82) is 0 Å². The van der Waals surface area contributed by atoms with Crippen LogP contribution in [0.5, 0.6) is 0 Å². The Kier molecular flexibility index (Phi) is 5.42. The number of nitrogens with zero attached hydrogens (tertiary/aromatic N) is 2. The van der Waals surface area contributed by atoms with E-state index in [9.17, 15) is 0 Å². The Labute approximate surface area is 124 Å². The highest BCUT2D eigenvalue weighted by Gasteiger charge is 2.30. The lowest BCUT2D eigenvalue weighted by Crippen LogP contribution is -2.38. The molecule has 1 aromatic heterocycles. The van der Waals surface area contributed by atoms with Gasteiger partial charge in [0.2, 0.25) is 0 Å². The van der Waals surface area contributed by atoms with Gasteiger partial charge in [-0.2, -0.15) is 5.10 Å². The Morgan fingerprint density at radius 1 is 1.53 bits per heavy atom. The third-order valence-electron chi connectivity index (χ3n) is 3.71. The van der Waals surface area contributed by atoms with Crippen molar-refractivity contribution >= 4 is 15.9 Å². The predicted molar refractivity (Wildman–Crippen MR) is 80.1 cm³/mol. The van der Waals surface area contributed by atoms with Crippen LogP contribution in [0, 0.1) is 11.8 Å². The maximum atomic E-state index is 5.82. The maximum Gasteiger partial charge on any atom is 0.0639 e. The van der Waals surface area contributed by atoms with Crippen LogP contribution in [0.1, 0.15) is 27.2 Å². The van der Waals surface area contributed by atoms with E-state index < -0.39 is 0 Å². The Hall–Kier alpha value is -0.390. The Morgan fingerprint density at radius 3 is 2.95 bits per heavy atom. The monoisotopic (exact) mass is 329 g/mol. The van der Waals surface area contributed by atoms with E-state index in [1.54, 1.807) is 0 Å². The Balaban J connectivity index is 1.75. The molecule has 1 saturated heterocycles. The van der Waals surface area contributed by atoms with Gasteiger partial charge in [0, 0.05) is 25.4 Å². The highest BCUT2D eigenvalue weighted by atomic mass is 79.9. The summed E-state index contributed by atoms with van der Waals surface area (Å²) < 4.78 is 8.81. The molecule has 3 atom stereocenters. The number of hydrogen-bond donors (Lipinski definition) is 1. The van der Waals surface area contributed by atoms with E-state index in [1.165, 1.54) is 6.42 Å². The van der Waals surface area contributed by atoms with Gasteiger partial charge in [-0.25, -0.2) is 0 Å². The molecule has 108 valence electrons. The number of halogens is 1. The van der Waals surface area contributed by atoms with Gasteiger partial charge in [-0.3, -0.25) is 4.68 Å². The van der Waals surface area contributed by atoms with Gasteiger partial charge in [-0.15, -0.1) is 0 Å². The topological polar surface area (TPSA) is 39.1 Å². The van der Waals surface area contributed by atoms with Crippen molar-refractivity contribution in [3.8, 4) is 0 Å². The summed E-state index contributed by atoms with van der Waals surface area (Å²) in [6.07, 6.45) is 5.43. The molecule has 0 spiro atoms. The molecule has 4 nitrogen and oxygen atoms in total. The first-order valence-electron chi connectivity index (χ1n) is 7.09. The van der Waals surface area contributed by atoms with Crippen LogP contribution in [0.4, 0.5) is 0 Å². The second kappa shape index (κ2) is 6.86. The van der Waals surface area contributed by atoms with Gasteiger partial charge in [0.05, 0.1) is 23.3 Å². The zero-order valence-electron chi connectivity index (χ0n) is 12.0. The second-order valence-corrected chi connectivity index (χ2v) is 6.73. The summed E-state index contributed by atoms with van der Waals surface area (Å²) >= 11 is 3.42. The van der Waals surface area contributed by atoms with Crippen molar-refractivity contribution in [3.63, 3.8) is 0 Å². The quantitative estimate of drug-likeness (QED) is 0.872. The van der Waals surface area contributed by atoms with E-state index in [0.29, 0.717) is 24.0 Å². The molecule has 2 rings (SSSR count). The minimum atomic E-state index is 0.415. The van der Waals surface area contributed by atoms with Crippen LogP contribution in [0.2, 0.25) is 0 Å². The fraction of sp³-hybridized carbons (Fsp3) is 0.786. The van der Waals surface area contributed by atoms with E-state index in [0.717, 1.165) is 24.2 Å². The van der Waals surface area contributed by atoms with E-state index >= 15 is 0 Å². The zero-order valence-corrected chi connectivity index (χ0v) is 13.6. The molecule has 0 aliphatic carbocycles. The summed E-state index contributed by atoms with van der Waals surface area (Å²) in [4.78, 5) is 0. The van der Waals surface area contributed by atoms with Crippen molar-refractivity contribution in [2.24, 2.45) is 11.8 Å². The van der Waals surface area contributed by atoms with Crippen LogP contribution < -0.4 is 5.32 Å². The summed E-state index contributed by atoms with van der Waals surface area (Å²) in [5, 5.41) is 7.89. The van der Waals surface area contributed by atoms with Crippen molar-refractivity contribution in [1.82, 2.24) is 15.1 Å². The smallest absolute Gasteiger partial charge is 0.0639 e. The summed E-state index contributed by atoms with van der Waals surface area (Å²) in [6.45, 7) is 9.53. The number of aromatic nitrogens is 2. The molecule has 0 radical (unpaired) electrons. The molecule has 0 unspecified atom stereocenters. The van der Waals surface area contributed by atoms with Gasteiger partial charge in [0.25, 0.3) is 0 Å². The molecule has 1 aliphatic heterocycles. The summed E-state index contributed by atoms with van der Waals surface area (Å²) in [6, 6.07) is 0.417. The van der Waals surface area contributed by atoms with Gasteiger partial charge in [0.15, 0.2) is 0 Å². The lowest BCUT2D eigenvalue weighted by atomic mass is 9.93. The van der Waals surface area contributed by atoms with Gasteiger partial charge < -0.3 is 10.1 Å². The molecule has 1 N–H and O–H groups in total. The summed E-state index contributed by atoms with van der Waals surface area (Å²) in [5.74, 6) is 1.25. The Bertz CT molecular complexity index is 394. The molecular formula is C14H24BrN3O. The molecule has 1 aromatic rings. The number of ether oxygens (including phenoxy) is 1. The molecule has 5 heteroatoms. The standard InChI is InChI=1S/C14H24BrN3O/c1-10(2)14-12(4-5-19-14)6-16-11(3)8-18-9-13(15)7-17-18/h7,9-12,14,16H,4-6,8H2,1-3H3/t11-,12+,14+/m0/s1. The average molecular weight is 330 g/mol. The largest absolute Gasteiger partial charge is 0.378 e. The third-order valence-corrected chi connectivity index (χ3v) is 4.12. The predicted octanol–water partition coefficient (Wildman–Crippen LogP) is 2.68. The van der Waals surface area contributed by atoms with Gasteiger partial charge in [0.1, 0.15) is 0 Å². The van der Waals surface area contributed by atoms with E-state index in [2.05, 4.69) is 47.1 Å². The SMILES string of the molecule is CC(C)[C@H]1OCC[C@@H]1CN[C@@H](C)Cn1cc(Br)cn1. The number of hydrogen-bond acceptors (Lipinski definition) is 3. The second-order valence-electron chi connectivity index (χ2n) is 5.82. The molecule has 1 aliphatic rings. The molecule has 0 aromatic carbocycles. The van der Waals surface area contributed by atoms with Crippen LogP contribution >= 0.6 is 15.9 Å². The minimum Gasteiger partial charge on any atom is -0.378 e. The first-order valence-corrected chi connectivity index (χ1v) is 7.88. The van der Waals surface area contributed by atoms with Crippen molar-refractivity contribution < 1.29 is 4.74 Å². The lowest BCUT2D eigenvalue weighted by molar-refractivity contribution is 0.0534. The minimum absolute atomic E-state index is 0.415. The normalized spacial score (nSPS) is 25.1. The zero-order chi connectivity index (χ0) is 13.8. The molecule has 0 amide bonds. The third kappa shape index (κ3) is 4.29. The van der Waals surface area contributed by atoms with Crippen LogP contribution in [0.15, 0.2) is 16.9 Å². The van der Waals surface area contributed by atoms with Crippen molar-refractivity contribution in [2.45, 2.75) is 45.9 Å². The first-order chi connectivity index (χ1) is 9.06. The average Bonchev–Trinajstić information content (AvgIpc) is 2.95.